The van der Waals surface area contributed by atoms with E-state index in [0.717, 1.165) is 0 Å². The quantitative estimate of drug-likeness (QED) is 0.687. The van der Waals surface area contributed by atoms with Crippen LogP contribution in [0.1, 0.15) is 46.5 Å². The van der Waals surface area contributed by atoms with Crippen LogP contribution in [0.25, 0.3) is 0 Å². The molecule has 1 saturated carbocycles. The fourth-order valence-corrected chi connectivity index (χ4v) is 2.55. The number of nitrogens with zero attached hydrogens (tertiary/aromatic N) is 1. The van der Waals surface area contributed by atoms with E-state index < -0.39 is 17.2 Å². The zero-order chi connectivity index (χ0) is 13.3. The van der Waals surface area contributed by atoms with Gasteiger partial charge in [-0.3, -0.25) is 0 Å². The Kier molecular flexibility index (Phi) is 4.04. The van der Waals surface area contributed by atoms with Crippen LogP contribution in [0.5, 0.6) is 0 Å². The van der Waals surface area contributed by atoms with Crippen LogP contribution in [0, 0.1) is 0 Å². The summed E-state index contributed by atoms with van der Waals surface area (Å²) < 4.78 is 0. The third-order valence-corrected chi connectivity index (χ3v) is 3.47. The van der Waals surface area contributed by atoms with Crippen molar-refractivity contribution in [1.29, 1.82) is 0 Å². The molecule has 0 aromatic rings. The zero-order valence-electron chi connectivity index (χ0n) is 10.8. The summed E-state index contributed by atoms with van der Waals surface area (Å²) in [5.41, 5.74) is -1.45. The predicted molar refractivity (Wildman–Crippen MR) is 63.9 cm³/mol. The van der Waals surface area contributed by atoms with Crippen LogP contribution in [0.2, 0.25) is 0 Å². The van der Waals surface area contributed by atoms with Crippen LogP contribution in [0.3, 0.4) is 0 Å². The zero-order valence-corrected chi connectivity index (χ0v) is 10.8. The van der Waals surface area contributed by atoms with Crippen molar-refractivity contribution in [1.82, 2.24) is 4.90 Å². The average molecular weight is 245 g/mol. The Morgan fingerprint density at radius 2 is 1.82 bits per heavy atom. The molecule has 1 aliphatic carbocycles. The topological polar surface area (TPSA) is 81.0 Å². The Balaban J connectivity index is 2.72. The number of rotatable bonds is 2. The molecular formula is C12H23NO4. The molecule has 0 aliphatic heterocycles. The Hall–Kier alpha value is -0.810. The second-order valence-electron chi connectivity index (χ2n) is 5.94. The Bertz CT molecular complexity index is 277. The van der Waals surface area contributed by atoms with E-state index in [2.05, 4.69) is 0 Å². The molecule has 0 aromatic heterocycles. The molecule has 5 heteroatoms. The van der Waals surface area contributed by atoms with Crippen molar-refractivity contribution in [3.8, 4) is 0 Å². The van der Waals surface area contributed by atoms with Gasteiger partial charge in [-0.1, -0.05) is 0 Å². The molecule has 1 amide bonds. The fourth-order valence-electron chi connectivity index (χ4n) is 2.55. The van der Waals surface area contributed by atoms with E-state index in [-0.39, 0.29) is 12.6 Å². The highest BCUT2D eigenvalue weighted by Gasteiger charge is 2.39. The summed E-state index contributed by atoms with van der Waals surface area (Å²) in [6.45, 7) is 5.36. The monoisotopic (exact) mass is 245 g/mol. The molecule has 0 saturated heterocycles. The van der Waals surface area contributed by atoms with Crippen LogP contribution >= 0.6 is 0 Å². The van der Waals surface area contributed by atoms with Crippen LogP contribution in [-0.4, -0.2) is 50.1 Å². The maximum Gasteiger partial charge on any atom is 0.407 e. The molecule has 0 unspecified atom stereocenters. The minimum absolute atomic E-state index is 0.0701. The van der Waals surface area contributed by atoms with Crippen molar-refractivity contribution in [3.63, 3.8) is 0 Å². The molecule has 0 spiro atoms. The molecule has 3 N–H and O–H groups in total. The average Bonchev–Trinajstić information content (AvgIpc) is 2.19. The maximum atomic E-state index is 11.3. The largest absolute Gasteiger partial charge is 0.465 e. The summed E-state index contributed by atoms with van der Waals surface area (Å²) in [6, 6.07) is -0.0701. The third-order valence-electron chi connectivity index (χ3n) is 3.47. The van der Waals surface area contributed by atoms with Gasteiger partial charge >= 0.3 is 6.09 Å². The number of aliphatic hydroxyl groups excluding tert-OH is 1. The summed E-state index contributed by atoms with van der Waals surface area (Å²) in [5.74, 6) is 0. The van der Waals surface area contributed by atoms with Gasteiger partial charge in [0.05, 0.1) is 12.2 Å². The first kappa shape index (κ1) is 14.3. The van der Waals surface area contributed by atoms with Crippen molar-refractivity contribution in [2.75, 3.05) is 6.61 Å². The molecule has 0 aromatic carbocycles. The number of carboxylic acid groups (broad SMARTS) is 1. The van der Waals surface area contributed by atoms with Gasteiger partial charge in [-0.25, -0.2) is 4.79 Å². The molecule has 5 nitrogen and oxygen atoms in total. The highest BCUT2D eigenvalue weighted by atomic mass is 16.4. The Morgan fingerprint density at radius 1 is 1.35 bits per heavy atom. The van der Waals surface area contributed by atoms with Gasteiger partial charge in [-0.05, 0) is 46.5 Å². The molecular weight excluding hydrogens is 222 g/mol. The molecule has 0 radical (unpaired) electrons. The van der Waals surface area contributed by atoms with Crippen LogP contribution in [-0.2, 0) is 0 Å². The lowest BCUT2D eigenvalue weighted by Crippen LogP contribution is -2.54. The predicted octanol–water partition coefficient (Wildman–Crippen LogP) is 1.43. The van der Waals surface area contributed by atoms with Crippen molar-refractivity contribution >= 4 is 6.09 Å². The van der Waals surface area contributed by atoms with Gasteiger partial charge in [-0.2, -0.15) is 0 Å². The summed E-state index contributed by atoms with van der Waals surface area (Å²) in [7, 11) is 0. The van der Waals surface area contributed by atoms with Gasteiger partial charge in [0, 0.05) is 11.6 Å². The smallest absolute Gasteiger partial charge is 0.407 e. The van der Waals surface area contributed by atoms with Gasteiger partial charge < -0.3 is 20.2 Å². The number of hydrogen-bond donors (Lipinski definition) is 3. The minimum Gasteiger partial charge on any atom is -0.465 e. The first-order valence-electron chi connectivity index (χ1n) is 6.05. The van der Waals surface area contributed by atoms with Crippen molar-refractivity contribution < 1.29 is 20.1 Å². The summed E-state index contributed by atoms with van der Waals surface area (Å²) in [5, 5.41) is 28.2. The van der Waals surface area contributed by atoms with E-state index >= 15 is 0 Å². The third kappa shape index (κ3) is 3.33. The van der Waals surface area contributed by atoms with Gasteiger partial charge in [0.2, 0.25) is 0 Å². The lowest BCUT2D eigenvalue weighted by molar-refractivity contribution is -0.0630. The van der Waals surface area contributed by atoms with Crippen molar-refractivity contribution in [2.45, 2.75) is 63.6 Å². The first-order chi connectivity index (χ1) is 7.69. The highest BCUT2D eigenvalue weighted by molar-refractivity contribution is 5.66. The normalized spacial score (nSPS) is 30.1. The fraction of sp³-hybridized carbons (Fsp3) is 0.917. The number of aliphatic hydroxyl groups is 2. The Morgan fingerprint density at radius 3 is 2.12 bits per heavy atom. The van der Waals surface area contributed by atoms with Crippen molar-refractivity contribution in [2.24, 2.45) is 0 Å². The van der Waals surface area contributed by atoms with Crippen LogP contribution < -0.4 is 0 Å². The lowest BCUT2D eigenvalue weighted by atomic mass is 9.81. The lowest BCUT2D eigenvalue weighted by Gasteiger charge is -2.44. The number of amides is 1. The first-order valence-corrected chi connectivity index (χ1v) is 6.05. The van der Waals surface area contributed by atoms with Gasteiger partial charge in [-0.15, -0.1) is 0 Å². The van der Waals surface area contributed by atoms with E-state index in [1.807, 2.05) is 20.8 Å². The van der Waals surface area contributed by atoms with E-state index in [1.54, 1.807) is 0 Å². The minimum atomic E-state index is -1.02. The Labute approximate surface area is 102 Å². The summed E-state index contributed by atoms with van der Waals surface area (Å²) in [4.78, 5) is 12.8. The molecule has 1 fully saturated rings. The van der Waals surface area contributed by atoms with E-state index in [9.17, 15) is 15.0 Å². The van der Waals surface area contributed by atoms with Crippen LogP contribution in [0.4, 0.5) is 4.79 Å². The van der Waals surface area contributed by atoms with Gasteiger partial charge in [0.15, 0.2) is 0 Å². The van der Waals surface area contributed by atoms with Gasteiger partial charge in [0.1, 0.15) is 0 Å². The SMILES string of the molecule is CC(C)(C)N(C(=O)O)[C@H]1CC[C@@](O)(CO)CC1. The molecule has 0 heterocycles. The van der Waals surface area contributed by atoms with E-state index in [0.29, 0.717) is 25.7 Å². The molecule has 1 aliphatic rings. The van der Waals surface area contributed by atoms with E-state index in [4.69, 9.17) is 5.11 Å². The highest BCUT2D eigenvalue weighted by Crippen LogP contribution is 2.33. The van der Waals surface area contributed by atoms with Crippen LogP contribution in [0.15, 0.2) is 0 Å². The molecule has 0 atom stereocenters. The molecule has 17 heavy (non-hydrogen) atoms. The second-order valence-corrected chi connectivity index (χ2v) is 5.94. The number of carbonyl (C=O) groups is 1. The maximum absolute atomic E-state index is 11.3. The molecule has 100 valence electrons. The van der Waals surface area contributed by atoms with Gasteiger partial charge in [0.25, 0.3) is 0 Å². The number of hydrogen-bond acceptors (Lipinski definition) is 3. The standard InChI is InChI=1S/C12H23NO4/c1-11(2,3)13(10(15)16)9-4-6-12(17,8-14)7-5-9/h9,14,17H,4-8H2,1-3H3,(H,15,16)/t9-,12-. The molecule has 1 rings (SSSR count). The summed E-state index contributed by atoms with van der Waals surface area (Å²) >= 11 is 0. The second kappa shape index (κ2) is 4.82. The molecule has 0 bridgehead atoms. The van der Waals surface area contributed by atoms with E-state index in [1.165, 1.54) is 4.90 Å². The summed E-state index contributed by atoms with van der Waals surface area (Å²) in [6.07, 6.45) is 1.18. The van der Waals surface area contributed by atoms with Crippen molar-refractivity contribution in [3.05, 3.63) is 0 Å².